The molecule has 6 nitrogen and oxygen atoms in total. The molecule has 2 aromatic rings. The zero-order valence-corrected chi connectivity index (χ0v) is 12.8. The van der Waals surface area contributed by atoms with E-state index in [9.17, 15) is 15.0 Å². The molecule has 0 aliphatic rings. The zero-order valence-electron chi connectivity index (χ0n) is 12.8. The van der Waals surface area contributed by atoms with Gasteiger partial charge in [0.1, 0.15) is 5.75 Å². The fourth-order valence-corrected chi connectivity index (χ4v) is 2.59. The molecular formula is C16H22N2O4. The van der Waals surface area contributed by atoms with Crippen LogP contribution in [0.15, 0.2) is 29.1 Å². The van der Waals surface area contributed by atoms with Crippen LogP contribution in [0.25, 0.3) is 10.9 Å². The zero-order chi connectivity index (χ0) is 16.3. The van der Waals surface area contributed by atoms with Crippen molar-refractivity contribution in [3.05, 3.63) is 40.2 Å². The second-order valence-electron chi connectivity index (χ2n) is 5.30. The van der Waals surface area contributed by atoms with E-state index in [1.165, 1.54) is 0 Å². The lowest BCUT2D eigenvalue weighted by atomic mass is 10.0. The highest BCUT2D eigenvalue weighted by atomic mass is 16.3. The average molecular weight is 306 g/mol. The number of nitrogens with zero attached hydrogens (tertiary/aromatic N) is 1. The lowest BCUT2D eigenvalue weighted by molar-refractivity contribution is 0.0922. The van der Waals surface area contributed by atoms with Gasteiger partial charge in [0.05, 0.1) is 23.8 Å². The third-order valence-electron chi connectivity index (χ3n) is 3.80. The highest BCUT2D eigenvalue weighted by Crippen LogP contribution is 2.29. The molecule has 0 aliphatic heterocycles. The van der Waals surface area contributed by atoms with Gasteiger partial charge in [0, 0.05) is 24.5 Å². The molecule has 0 unspecified atom stereocenters. The van der Waals surface area contributed by atoms with E-state index < -0.39 is 12.1 Å². The van der Waals surface area contributed by atoms with Gasteiger partial charge in [-0.1, -0.05) is 12.1 Å². The predicted octanol–water partition coefficient (Wildman–Crippen LogP) is 0.731. The minimum Gasteiger partial charge on any atom is -0.507 e. The van der Waals surface area contributed by atoms with Gasteiger partial charge in [-0.3, -0.25) is 4.79 Å². The number of aryl methyl sites for hydroxylation is 1. The van der Waals surface area contributed by atoms with E-state index in [4.69, 9.17) is 5.11 Å². The van der Waals surface area contributed by atoms with Crippen LogP contribution in [0.3, 0.4) is 0 Å². The van der Waals surface area contributed by atoms with Gasteiger partial charge in [0.25, 0.3) is 5.56 Å². The van der Waals surface area contributed by atoms with Crippen LogP contribution in [0.1, 0.15) is 25.5 Å². The van der Waals surface area contributed by atoms with E-state index in [2.05, 4.69) is 5.32 Å². The van der Waals surface area contributed by atoms with Crippen LogP contribution < -0.4 is 10.9 Å². The molecule has 120 valence electrons. The lowest BCUT2D eigenvalue weighted by Gasteiger charge is -2.20. The Balaban J connectivity index is 2.51. The molecule has 0 fully saturated rings. The third-order valence-corrected chi connectivity index (χ3v) is 3.80. The molecular weight excluding hydrogens is 284 g/mol. The molecule has 0 saturated heterocycles. The Morgan fingerprint density at radius 1 is 1.32 bits per heavy atom. The van der Waals surface area contributed by atoms with Gasteiger partial charge in [-0.25, -0.2) is 0 Å². The third kappa shape index (κ3) is 2.99. The normalized spacial score (nSPS) is 14.2. The molecule has 0 aliphatic carbocycles. The number of aromatic nitrogens is 1. The van der Waals surface area contributed by atoms with Crippen LogP contribution in [-0.4, -0.2) is 39.1 Å². The second kappa shape index (κ2) is 6.91. The van der Waals surface area contributed by atoms with Gasteiger partial charge in [-0.05, 0) is 26.0 Å². The van der Waals surface area contributed by atoms with Crippen LogP contribution in [0.5, 0.6) is 5.75 Å². The van der Waals surface area contributed by atoms with E-state index in [1.54, 1.807) is 23.6 Å². The van der Waals surface area contributed by atoms with Crippen molar-refractivity contribution < 1.29 is 15.3 Å². The van der Waals surface area contributed by atoms with Crippen LogP contribution >= 0.6 is 0 Å². The van der Waals surface area contributed by atoms with Crippen molar-refractivity contribution in [2.45, 2.75) is 32.5 Å². The summed E-state index contributed by atoms with van der Waals surface area (Å²) in [5.41, 5.74) is 0.710. The fourth-order valence-electron chi connectivity index (χ4n) is 2.59. The molecule has 4 N–H and O–H groups in total. The van der Waals surface area contributed by atoms with Crippen molar-refractivity contribution in [3.63, 3.8) is 0 Å². The van der Waals surface area contributed by atoms with Crippen molar-refractivity contribution in [1.29, 1.82) is 0 Å². The standard InChI is InChI=1S/C16H22N2O4/c1-3-18-13-7-5-4-6-12(13)15(21)14(16(18)22)10(2)17-8-11(20)9-19/h4-7,10-11,17,19-21H,3,8-9H2,1-2H3/t10-,11+/m0/s1. The molecule has 0 spiro atoms. The summed E-state index contributed by atoms with van der Waals surface area (Å²) in [6.07, 6.45) is -0.904. The van der Waals surface area contributed by atoms with Crippen LogP contribution in [0, 0.1) is 0 Å². The molecule has 6 heteroatoms. The molecule has 1 heterocycles. The Hall–Kier alpha value is -1.89. The summed E-state index contributed by atoms with van der Waals surface area (Å²) in [5, 5.41) is 32.3. The first-order valence-electron chi connectivity index (χ1n) is 7.37. The van der Waals surface area contributed by atoms with Crippen molar-refractivity contribution in [3.8, 4) is 5.75 Å². The first-order valence-corrected chi connectivity index (χ1v) is 7.37. The van der Waals surface area contributed by atoms with Crippen molar-refractivity contribution >= 4 is 10.9 Å². The number of hydrogen-bond donors (Lipinski definition) is 4. The quantitative estimate of drug-likeness (QED) is 0.631. The molecule has 22 heavy (non-hydrogen) atoms. The average Bonchev–Trinajstić information content (AvgIpc) is 2.53. The summed E-state index contributed by atoms with van der Waals surface area (Å²) in [4.78, 5) is 12.6. The van der Waals surface area contributed by atoms with Gasteiger partial charge in [-0.2, -0.15) is 0 Å². The maximum Gasteiger partial charge on any atom is 0.259 e. The summed E-state index contributed by atoms with van der Waals surface area (Å²) < 4.78 is 1.62. The number of aliphatic hydroxyl groups is 2. The molecule has 1 aromatic heterocycles. The summed E-state index contributed by atoms with van der Waals surface area (Å²) in [7, 11) is 0. The first-order chi connectivity index (χ1) is 10.5. The molecule has 0 amide bonds. The first kappa shape index (κ1) is 16.5. The summed E-state index contributed by atoms with van der Waals surface area (Å²) in [5.74, 6) is -0.0382. The number of fused-ring (bicyclic) bond motifs is 1. The number of benzene rings is 1. The molecule has 1 aromatic carbocycles. The van der Waals surface area contributed by atoms with E-state index >= 15 is 0 Å². The van der Waals surface area contributed by atoms with Gasteiger partial charge < -0.3 is 25.2 Å². The number of pyridine rings is 1. The van der Waals surface area contributed by atoms with Gasteiger partial charge in [-0.15, -0.1) is 0 Å². The van der Waals surface area contributed by atoms with Gasteiger partial charge in [0.15, 0.2) is 0 Å². The van der Waals surface area contributed by atoms with Gasteiger partial charge in [0.2, 0.25) is 0 Å². The van der Waals surface area contributed by atoms with E-state index in [0.717, 1.165) is 0 Å². The minimum absolute atomic E-state index is 0.0382. The Morgan fingerprint density at radius 2 is 2.00 bits per heavy atom. The van der Waals surface area contributed by atoms with E-state index in [0.29, 0.717) is 17.4 Å². The Bertz CT molecular complexity index is 711. The number of nitrogens with one attached hydrogen (secondary N) is 1. The lowest BCUT2D eigenvalue weighted by Crippen LogP contribution is -2.35. The summed E-state index contributed by atoms with van der Waals surface area (Å²) >= 11 is 0. The topological polar surface area (TPSA) is 94.7 Å². The molecule has 0 saturated carbocycles. The van der Waals surface area contributed by atoms with Gasteiger partial charge >= 0.3 is 0 Å². The van der Waals surface area contributed by atoms with E-state index in [-0.39, 0.29) is 30.0 Å². The monoisotopic (exact) mass is 306 g/mol. The number of hydrogen-bond acceptors (Lipinski definition) is 5. The fraction of sp³-hybridized carbons (Fsp3) is 0.438. The van der Waals surface area contributed by atoms with Crippen LogP contribution in [-0.2, 0) is 6.54 Å². The smallest absolute Gasteiger partial charge is 0.259 e. The predicted molar refractivity (Wildman–Crippen MR) is 85.1 cm³/mol. The summed E-state index contributed by atoms with van der Waals surface area (Å²) in [6, 6.07) is 6.76. The largest absolute Gasteiger partial charge is 0.507 e. The number of para-hydroxylation sites is 1. The van der Waals surface area contributed by atoms with Crippen LogP contribution in [0.2, 0.25) is 0 Å². The Kier molecular flexibility index (Phi) is 5.18. The number of aliphatic hydroxyl groups excluding tert-OH is 2. The SMILES string of the molecule is CCn1c(=O)c([C@H](C)NC[C@@H](O)CO)c(O)c2ccccc21. The minimum atomic E-state index is -0.904. The number of rotatable bonds is 6. The van der Waals surface area contributed by atoms with Crippen molar-refractivity contribution in [1.82, 2.24) is 9.88 Å². The van der Waals surface area contributed by atoms with Crippen LogP contribution in [0.4, 0.5) is 0 Å². The highest BCUT2D eigenvalue weighted by molar-refractivity contribution is 5.86. The Labute approximate surface area is 128 Å². The Morgan fingerprint density at radius 3 is 2.64 bits per heavy atom. The highest BCUT2D eigenvalue weighted by Gasteiger charge is 2.20. The maximum absolute atomic E-state index is 12.6. The van der Waals surface area contributed by atoms with Crippen molar-refractivity contribution in [2.75, 3.05) is 13.2 Å². The number of aromatic hydroxyl groups is 1. The molecule has 2 rings (SSSR count). The molecule has 2 atom stereocenters. The second-order valence-corrected chi connectivity index (χ2v) is 5.30. The summed E-state index contributed by atoms with van der Waals surface area (Å²) in [6.45, 7) is 3.90. The van der Waals surface area contributed by atoms with E-state index in [1.807, 2.05) is 19.1 Å². The van der Waals surface area contributed by atoms with Crippen molar-refractivity contribution in [2.24, 2.45) is 0 Å². The molecule has 0 bridgehead atoms. The molecule has 0 radical (unpaired) electrons. The maximum atomic E-state index is 12.6.